The predicted molar refractivity (Wildman–Crippen MR) is 129 cm³/mol. The monoisotopic (exact) mass is 517 g/mol. The number of methoxy groups -OCH3 is 1. The molecule has 0 saturated heterocycles. The van der Waals surface area contributed by atoms with Crippen LogP contribution < -0.4 is 4.31 Å². The highest BCUT2D eigenvalue weighted by molar-refractivity contribution is 7.93. The maximum atomic E-state index is 13.7. The lowest BCUT2D eigenvalue weighted by atomic mass is 10.1. The average Bonchev–Trinajstić information content (AvgIpc) is 3.14. The number of furan rings is 1. The SMILES string of the molecule is COC(=O)c1c(C)oc2ccc(N(C(=O)c3ccc(Cl)cc3)S(=O)(=O)c3ccc(Cl)cc3)cc12. The van der Waals surface area contributed by atoms with Crippen molar-refractivity contribution in [2.24, 2.45) is 0 Å². The summed E-state index contributed by atoms with van der Waals surface area (Å²) in [7, 11) is -3.16. The van der Waals surface area contributed by atoms with Crippen molar-refractivity contribution < 1.29 is 27.2 Å². The first-order valence-electron chi connectivity index (χ1n) is 9.85. The van der Waals surface area contributed by atoms with Gasteiger partial charge in [0.1, 0.15) is 16.9 Å². The normalized spacial score (nSPS) is 11.4. The van der Waals surface area contributed by atoms with E-state index >= 15 is 0 Å². The lowest BCUT2D eigenvalue weighted by molar-refractivity contribution is 0.0600. The molecule has 0 radical (unpaired) electrons. The Kier molecular flexibility index (Phi) is 6.40. The number of hydrogen-bond donors (Lipinski definition) is 0. The topological polar surface area (TPSA) is 93.9 Å². The van der Waals surface area contributed by atoms with Gasteiger partial charge in [0.05, 0.1) is 17.7 Å². The molecule has 0 spiro atoms. The van der Waals surface area contributed by atoms with E-state index < -0.39 is 21.9 Å². The number of amides is 1. The Morgan fingerprint density at radius 1 is 0.912 bits per heavy atom. The van der Waals surface area contributed by atoms with Crippen molar-refractivity contribution in [3.05, 3.63) is 93.7 Å². The quantitative estimate of drug-likeness (QED) is 0.307. The highest BCUT2D eigenvalue weighted by Gasteiger charge is 2.33. The highest BCUT2D eigenvalue weighted by atomic mass is 35.5. The van der Waals surface area contributed by atoms with Gasteiger partial charge in [-0.3, -0.25) is 4.79 Å². The highest BCUT2D eigenvalue weighted by Crippen LogP contribution is 2.33. The minimum absolute atomic E-state index is 0.00773. The van der Waals surface area contributed by atoms with Gasteiger partial charge in [0.15, 0.2) is 0 Å². The van der Waals surface area contributed by atoms with Crippen LogP contribution >= 0.6 is 23.2 Å². The Balaban J connectivity index is 1.95. The van der Waals surface area contributed by atoms with E-state index in [0.717, 1.165) is 0 Å². The van der Waals surface area contributed by atoms with Crippen molar-refractivity contribution in [3.63, 3.8) is 0 Å². The fourth-order valence-electron chi connectivity index (χ4n) is 3.48. The number of anilines is 1. The predicted octanol–water partition coefficient (Wildman–Crippen LogP) is 5.87. The van der Waals surface area contributed by atoms with Gasteiger partial charge in [-0.2, -0.15) is 4.31 Å². The van der Waals surface area contributed by atoms with E-state index in [4.69, 9.17) is 32.4 Å². The molecule has 0 unspecified atom stereocenters. The molecule has 0 aliphatic rings. The maximum absolute atomic E-state index is 13.7. The number of ether oxygens (including phenoxy) is 1. The van der Waals surface area contributed by atoms with Crippen LogP contribution in [0.3, 0.4) is 0 Å². The van der Waals surface area contributed by atoms with Crippen LogP contribution in [-0.2, 0) is 14.8 Å². The Morgan fingerprint density at radius 2 is 1.50 bits per heavy atom. The van der Waals surface area contributed by atoms with Crippen molar-refractivity contribution in [1.29, 1.82) is 0 Å². The van der Waals surface area contributed by atoms with Crippen LogP contribution in [0.15, 0.2) is 76.0 Å². The van der Waals surface area contributed by atoms with Crippen LogP contribution in [0.1, 0.15) is 26.5 Å². The molecular formula is C24H17Cl2NO6S. The van der Waals surface area contributed by atoms with E-state index in [-0.39, 0.29) is 21.7 Å². The molecule has 4 rings (SSSR count). The zero-order valence-electron chi connectivity index (χ0n) is 17.9. The van der Waals surface area contributed by atoms with Gasteiger partial charge in [-0.15, -0.1) is 0 Å². The van der Waals surface area contributed by atoms with E-state index in [2.05, 4.69) is 0 Å². The smallest absolute Gasteiger partial charge is 0.342 e. The number of sulfonamides is 1. The average molecular weight is 518 g/mol. The molecule has 0 bridgehead atoms. The van der Waals surface area contributed by atoms with Crippen molar-refractivity contribution in [1.82, 2.24) is 0 Å². The van der Waals surface area contributed by atoms with Crippen LogP contribution in [0.2, 0.25) is 10.0 Å². The fourth-order valence-corrected chi connectivity index (χ4v) is 5.13. The molecule has 0 N–H and O–H groups in total. The minimum atomic E-state index is -4.38. The van der Waals surface area contributed by atoms with Gasteiger partial charge in [0, 0.05) is 21.0 Å². The van der Waals surface area contributed by atoms with Gasteiger partial charge in [-0.25, -0.2) is 13.2 Å². The number of carbonyl (C=O) groups excluding carboxylic acids is 2. The first kappa shape index (κ1) is 23.8. The largest absolute Gasteiger partial charge is 0.465 e. The van der Waals surface area contributed by atoms with Crippen LogP contribution in [0.5, 0.6) is 0 Å². The molecule has 0 saturated carbocycles. The van der Waals surface area contributed by atoms with Crippen LogP contribution in [0, 0.1) is 6.92 Å². The molecule has 1 amide bonds. The summed E-state index contributed by atoms with van der Waals surface area (Å²) in [5.41, 5.74) is 0.582. The second kappa shape index (κ2) is 9.13. The summed E-state index contributed by atoms with van der Waals surface area (Å²) in [6.45, 7) is 1.59. The Bertz CT molecular complexity index is 1510. The summed E-state index contributed by atoms with van der Waals surface area (Å²) in [4.78, 5) is 25.7. The zero-order valence-corrected chi connectivity index (χ0v) is 20.2. The number of nitrogens with zero attached hydrogens (tertiary/aromatic N) is 1. The standard InChI is InChI=1S/C24H17Cl2NO6S/c1-14-22(24(29)32-2)20-13-18(9-12-21(20)33-14)27(23(28)15-3-5-16(25)6-4-15)34(30,31)19-10-7-17(26)8-11-19/h3-13H,1-2H3. The van der Waals surface area contributed by atoms with E-state index in [9.17, 15) is 18.0 Å². The fraction of sp³-hybridized carbons (Fsp3) is 0.0833. The van der Waals surface area contributed by atoms with E-state index in [1.807, 2.05) is 0 Å². The summed E-state index contributed by atoms with van der Waals surface area (Å²) in [5.74, 6) is -1.16. The molecular weight excluding hydrogens is 501 g/mol. The van der Waals surface area contributed by atoms with Crippen LogP contribution in [-0.4, -0.2) is 27.4 Å². The summed E-state index contributed by atoms with van der Waals surface area (Å²) in [6, 6.07) is 15.6. The number of rotatable bonds is 5. The summed E-state index contributed by atoms with van der Waals surface area (Å²) < 4.78 is 38.4. The van der Waals surface area contributed by atoms with Crippen molar-refractivity contribution in [3.8, 4) is 0 Å². The minimum Gasteiger partial charge on any atom is -0.465 e. The first-order chi connectivity index (χ1) is 16.1. The molecule has 0 atom stereocenters. The van der Waals surface area contributed by atoms with Gasteiger partial charge in [-0.1, -0.05) is 23.2 Å². The lowest BCUT2D eigenvalue weighted by Gasteiger charge is -2.23. The summed E-state index contributed by atoms with van der Waals surface area (Å²) in [5, 5.41) is 1.04. The molecule has 0 aliphatic carbocycles. The molecule has 0 fully saturated rings. The van der Waals surface area contributed by atoms with Gasteiger partial charge in [-0.05, 0) is 73.7 Å². The molecule has 34 heavy (non-hydrogen) atoms. The molecule has 4 aromatic rings. The van der Waals surface area contributed by atoms with E-state index in [1.54, 1.807) is 6.92 Å². The number of aryl methyl sites for hydroxylation is 1. The number of esters is 1. The Labute approximate surface area is 205 Å². The Hall–Kier alpha value is -3.33. The number of carbonyl (C=O) groups is 2. The number of benzene rings is 3. The molecule has 10 heteroatoms. The van der Waals surface area contributed by atoms with Crippen molar-refractivity contribution >= 4 is 61.8 Å². The number of fused-ring (bicyclic) bond motifs is 1. The van der Waals surface area contributed by atoms with Gasteiger partial charge in [0.2, 0.25) is 0 Å². The first-order valence-corrected chi connectivity index (χ1v) is 12.1. The van der Waals surface area contributed by atoms with Gasteiger partial charge >= 0.3 is 5.97 Å². The molecule has 1 heterocycles. The third-order valence-corrected chi connectivity index (χ3v) is 7.33. The zero-order chi connectivity index (χ0) is 24.6. The van der Waals surface area contributed by atoms with Crippen LogP contribution in [0.4, 0.5) is 5.69 Å². The maximum Gasteiger partial charge on any atom is 0.342 e. The van der Waals surface area contributed by atoms with E-state index in [1.165, 1.54) is 73.8 Å². The van der Waals surface area contributed by atoms with Gasteiger partial charge < -0.3 is 9.15 Å². The second-order valence-electron chi connectivity index (χ2n) is 7.24. The number of halogens is 2. The summed E-state index contributed by atoms with van der Waals surface area (Å²) in [6.07, 6.45) is 0. The summed E-state index contributed by atoms with van der Waals surface area (Å²) >= 11 is 11.9. The number of hydrogen-bond acceptors (Lipinski definition) is 6. The second-order valence-corrected chi connectivity index (χ2v) is 9.90. The molecule has 7 nitrogen and oxygen atoms in total. The molecule has 1 aromatic heterocycles. The van der Waals surface area contributed by atoms with Crippen molar-refractivity contribution in [2.75, 3.05) is 11.4 Å². The molecule has 174 valence electrons. The molecule has 0 aliphatic heterocycles. The third kappa shape index (κ3) is 4.27. The molecule has 3 aromatic carbocycles. The lowest BCUT2D eigenvalue weighted by Crippen LogP contribution is -2.37. The van der Waals surface area contributed by atoms with E-state index in [0.29, 0.717) is 31.1 Å². The van der Waals surface area contributed by atoms with Gasteiger partial charge in [0.25, 0.3) is 15.9 Å². The Morgan fingerprint density at radius 3 is 2.09 bits per heavy atom. The third-order valence-electron chi connectivity index (χ3n) is 5.10. The van der Waals surface area contributed by atoms with Crippen LogP contribution in [0.25, 0.3) is 11.0 Å². The van der Waals surface area contributed by atoms with Crippen molar-refractivity contribution in [2.45, 2.75) is 11.8 Å².